The van der Waals surface area contributed by atoms with Crippen molar-refractivity contribution in [1.29, 1.82) is 0 Å². The zero-order chi connectivity index (χ0) is 20.9. The van der Waals surface area contributed by atoms with Crippen molar-refractivity contribution in [3.8, 4) is 5.75 Å². The minimum atomic E-state index is -3.75. The van der Waals surface area contributed by atoms with Gasteiger partial charge < -0.3 is 9.47 Å². The molecular weight excluding hydrogens is 385 g/mol. The molecule has 0 aliphatic carbocycles. The van der Waals surface area contributed by atoms with E-state index in [1.807, 2.05) is 0 Å². The molecule has 0 aromatic heterocycles. The molecule has 0 saturated heterocycles. The van der Waals surface area contributed by atoms with E-state index in [4.69, 9.17) is 9.47 Å². The number of nitrogens with one attached hydrogen (secondary N) is 1. The summed E-state index contributed by atoms with van der Waals surface area (Å²) >= 11 is 0. The van der Waals surface area contributed by atoms with Crippen LogP contribution in [0.1, 0.15) is 31.9 Å². The molecule has 2 rings (SSSR count). The van der Waals surface area contributed by atoms with Gasteiger partial charge in [-0.25, -0.2) is 22.3 Å². The predicted octanol–water partition coefficient (Wildman–Crippen LogP) is 3.33. The van der Waals surface area contributed by atoms with Gasteiger partial charge in [0.15, 0.2) is 6.61 Å². The van der Waals surface area contributed by atoms with Gasteiger partial charge in [0.2, 0.25) is 10.0 Å². The first-order valence-corrected chi connectivity index (χ1v) is 10.1. The Balaban J connectivity index is 1.96. The summed E-state index contributed by atoms with van der Waals surface area (Å²) < 4.78 is 50.6. The zero-order valence-corrected chi connectivity index (χ0v) is 17.1. The molecule has 2 aromatic rings. The molecule has 0 heterocycles. The number of sulfonamides is 1. The highest BCUT2D eigenvalue weighted by atomic mass is 32.2. The highest BCUT2D eigenvalue weighted by Crippen LogP contribution is 2.20. The predicted molar refractivity (Wildman–Crippen MR) is 103 cm³/mol. The summed E-state index contributed by atoms with van der Waals surface area (Å²) in [4.78, 5) is 11.7. The van der Waals surface area contributed by atoms with Gasteiger partial charge in [0.25, 0.3) is 0 Å². The fourth-order valence-corrected chi connectivity index (χ4v) is 3.38. The summed E-state index contributed by atoms with van der Waals surface area (Å²) in [6.07, 6.45) is 0. The second kappa shape index (κ2) is 8.70. The van der Waals surface area contributed by atoms with Crippen molar-refractivity contribution >= 4 is 16.0 Å². The summed E-state index contributed by atoms with van der Waals surface area (Å²) in [6.45, 7) is 6.97. The first kappa shape index (κ1) is 21.8. The topological polar surface area (TPSA) is 81.7 Å². The van der Waals surface area contributed by atoms with Gasteiger partial charge in [-0.3, -0.25) is 0 Å². The van der Waals surface area contributed by atoms with Crippen molar-refractivity contribution in [3.05, 3.63) is 59.4 Å². The minimum absolute atomic E-state index is 0.0112. The average molecular weight is 409 g/mol. The number of hydrogen-bond donors (Lipinski definition) is 1. The Hall–Kier alpha value is -2.45. The lowest BCUT2D eigenvalue weighted by Gasteiger charge is -2.19. The lowest BCUT2D eigenvalue weighted by atomic mass is 10.1. The molecule has 152 valence electrons. The number of rotatable bonds is 7. The Morgan fingerprint density at radius 2 is 1.75 bits per heavy atom. The third kappa shape index (κ3) is 6.61. The second-order valence-electron chi connectivity index (χ2n) is 7.25. The van der Waals surface area contributed by atoms with E-state index in [2.05, 4.69) is 4.72 Å². The number of ether oxygens (including phenoxy) is 2. The monoisotopic (exact) mass is 409 g/mol. The molecule has 0 saturated carbocycles. The smallest absolute Gasteiger partial charge is 0.344 e. The van der Waals surface area contributed by atoms with E-state index >= 15 is 0 Å². The number of hydrogen-bond acceptors (Lipinski definition) is 5. The van der Waals surface area contributed by atoms with Crippen molar-refractivity contribution in [3.63, 3.8) is 0 Å². The van der Waals surface area contributed by atoms with Gasteiger partial charge in [-0.15, -0.1) is 0 Å². The lowest BCUT2D eigenvalue weighted by Crippen LogP contribution is -2.27. The molecule has 1 N–H and O–H groups in total. The second-order valence-corrected chi connectivity index (χ2v) is 9.02. The summed E-state index contributed by atoms with van der Waals surface area (Å²) in [6, 6.07) is 9.72. The number of halogens is 1. The molecule has 8 heteroatoms. The van der Waals surface area contributed by atoms with E-state index in [9.17, 15) is 17.6 Å². The van der Waals surface area contributed by atoms with Crippen molar-refractivity contribution in [1.82, 2.24) is 4.72 Å². The van der Waals surface area contributed by atoms with Gasteiger partial charge in [0.05, 0.1) is 4.90 Å². The number of carbonyl (C=O) groups excluding carboxylic acids is 1. The maximum atomic E-state index is 12.9. The van der Waals surface area contributed by atoms with Gasteiger partial charge >= 0.3 is 5.97 Å². The van der Waals surface area contributed by atoms with Crippen LogP contribution in [-0.4, -0.2) is 26.6 Å². The third-order valence-electron chi connectivity index (χ3n) is 3.60. The Bertz CT molecular complexity index is 934. The Labute approximate surface area is 164 Å². The van der Waals surface area contributed by atoms with E-state index in [-0.39, 0.29) is 18.0 Å². The Morgan fingerprint density at radius 1 is 1.11 bits per heavy atom. The quantitative estimate of drug-likeness (QED) is 0.710. The van der Waals surface area contributed by atoms with Crippen LogP contribution in [0.5, 0.6) is 5.75 Å². The number of esters is 1. The van der Waals surface area contributed by atoms with Crippen molar-refractivity contribution in [2.75, 3.05) is 6.61 Å². The fourth-order valence-electron chi connectivity index (χ4n) is 2.37. The number of carbonyl (C=O) groups is 1. The third-order valence-corrected chi connectivity index (χ3v) is 5.01. The first-order valence-electron chi connectivity index (χ1n) is 8.66. The number of benzene rings is 2. The summed E-state index contributed by atoms with van der Waals surface area (Å²) in [5.74, 6) is -0.462. The standard InChI is InChI=1S/C20H24FNO5S/c1-14-11-15(5-10-18(14)26-13-19(23)27-20(2,3)4)12-22-28(24,25)17-8-6-16(21)7-9-17/h5-11,22H,12-13H2,1-4H3. The summed E-state index contributed by atoms with van der Waals surface area (Å²) in [5.41, 5.74) is 0.885. The molecule has 28 heavy (non-hydrogen) atoms. The molecule has 0 fully saturated rings. The van der Waals surface area contributed by atoms with Crippen LogP contribution in [0.15, 0.2) is 47.4 Å². The Kier molecular flexibility index (Phi) is 6.79. The maximum absolute atomic E-state index is 12.9. The van der Waals surface area contributed by atoms with Gasteiger partial charge in [-0.05, 0) is 69.2 Å². The van der Waals surface area contributed by atoms with Crippen LogP contribution in [0, 0.1) is 12.7 Å². The van der Waals surface area contributed by atoms with E-state index in [1.54, 1.807) is 45.9 Å². The highest BCUT2D eigenvalue weighted by molar-refractivity contribution is 7.89. The van der Waals surface area contributed by atoms with Crippen LogP contribution in [-0.2, 0) is 26.1 Å². The van der Waals surface area contributed by atoms with E-state index < -0.39 is 27.4 Å². The normalized spacial score (nSPS) is 11.9. The van der Waals surface area contributed by atoms with Crippen molar-refractivity contribution < 1.29 is 27.1 Å². The molecule has 2 aromatic carbocycles. The molecule has 0 unspecified atom stereocenters. The van der Waals surface area contributed by atoms with Gasteiger partial charge in [-0.2, -0.15) is 0 Å². The first-order chi connectivity index (χ1) is 13.0. The summed E-state index contributed by atoms with van der Waals surface area (Å²) in [7, 11) is -3.75. The molecular formula is C20H24FNO5S. The van der Waals surface area contributed by atoms with Crippen LogP contribution in [0.2, 0.25) is 0 Å². The van der Waals surface area contributed by atoms with E-state index in [0.717, 1.165) is 17.7 Å². The molecule has 0 aliphatic heterocycles. The van der Waals surface area contributed by atoms with Crippen LogP contribution in [0.3, 0.4) is 0 Å². The molecule has 0 bridgehead atoms. The van der Waals surface area contributed by atoms with E-state index in [1.165, 1.54) is 12.1 Å². The van der Waals surface area contributed by atoms with E-state index in [0.29, 0.717) is 11.3 Å². The van der Waals surface area contributed by atoms with Crippen LogP contribution >= 0.6 is 0 Å². The molecule has 0 atom stereocenters. The molecule has 6 nitrogen and oxygen atoms in total. The van der Waals surface area contributed by atoms with Crippen molar-refractivity contribution in [2.24, 2.45) is 0 Å². The maximum Gasteiger partial charge on any atom is 0.344 e. The fraction of sp³-hybridized carbons (Fsp3) is 0.350. The SMILES string of the molecule is Cc1cc(CNS(=O)(=O)c2ccc(F)cc2)ccc1OCC(=O)OC(C)(C)C. The zero-order valence-electron chi connectivity index (χ0n) is 16.3. The van der Waals surface area contributed by atoms with Gasteiger partial charge in [0, 0.05) is 6.54 Å². The molecule has 0 aliphatic rings. The molecule has 0 amide bonds. The number of aryl methyl sites for hydroxylation is 1. The molecule has 0 radical (unpaired) electrons. The minimum Gasteiger partial charge on any atom is -0.482 e. The highest BCUT2D eigenvalue weighted by Gasteiger charge is 2.17. The summed E-state index contributed by atoms with van der Waals surface area (Å²) in [5, 5.41) is 0. The van der Waals surface area contributed by atoms with Crippen molar-refractivity contribution in [2.45, 2.75) is 44.7 Å². The van der Waals surface area contributed by atoms with Crippen LogP contribution in [0.25, 0.3) is 0 Å². The largest absolute Gasteiger partial charge is 0.482 e. The van der Waals surface area contributed by atoms with Gasteiger partial charge in [0.1, 0.15) is 17.2 Å². The van der Waals surface area contributed by atoms with Crippen LogP contribution in [0.4, 0.5) is 4.39 Å². The molecule has 0 spiro atoms. The lowest BCUT2D eigenvalue weighted by molar-refractivity contribution is -0.157. The Morgan fingerprint density at radius 3 is 2.32 bits per heavy atom. The average Bonchev–Trinajstić information content (AvgIpc) is 2.58. The van der Waals surface area contributed by atoms with Crippen LogP contribution < -0.4 is 9.46 Å². The van der Waals surface area contributed by atoms with Gasteiger partial charge in [-0.1, -0.05) is 12.1 Å².